The summed E-state index contributed by atoms with van der Waals surface area (Å²) in [7, 11) is 1.49. The highest BCUT2D eigenvalue weighted by atomic mass is 32.1. The minimum atomic E-state index is -1.96. The largest absolute Gasteiger partial charge is 0.493 e. The van der Waals surface area contributed by atoms with Crippen molar-refractivity contribution in [3.05, 3.63) is 125 Å². The molecule has 8 atom stereocenters. The normalized spacial score (nSPS) is 26.0. The Morgan fingerprint density at radius 2 is 1.63 bits per heavy atom. The van der Waals surface area contributed by atoms with Crippen molar-refractivity contribution in [1.82, 2.24) is 40.2 Å². The smallest absolute Gasteiger partial charge is 0.410 e. The van der Waals surface area contributed by atoms with Crippen molar-refractivity contribution in [2.45, 2.75) is 141 Å². The van der Waals surface area contributed by atoms with Crippen LogP contribution in [-0.4, -0.2) is 197 Å². The minimum Gasteiger partial charge on any atom is -0.493 e. The molecule has 5 fully saturated rings. The Hall–Kier alpha value is -9.10. The van der Waals surface area contributed by atoms with Gasteiger partial charge in [-0.15, -0.1) is 0 Å². The second kappa shape index (κ2) is 28.0. The van der Waals surface area contributed by atoms with Gasteiger partial charge in [0.25, 0.3) is 5.91 Å². The molecule has 6 aromatic rings. The van der Waals surface area contributed by atoms with Crippen LogP contribution in [0.15, 0.2) is 91.1 Å². The third-order valence-corrected chi connectivity index (χ3v) is 20.5. The summed E-state index contributed by atoms with van der Waals surface area (Å²) < 4.78 is 33.2. The van der Waals surface area contributed by atoms with Crippen LogP contribution in [0.3, 0.4) is 0 Å². The summed E-state index contributed by atoms with van der Waals surface area (Å²) in [5, 5.41) is 75.5. The van der Waals surface area contributed by atoms with Crippen molar-refractivity contribution >= 4 is 74.2 Å². The summed E-state index contributed by atoms with van der Waals surface area (Å²) in [5.74, 6) is -3.91. The van der Waals surface area contributed by atoms with Crippen LogP contribution in [0.4, 0.5) is 15.7 Å². The number of carbonyl (C=O) groups is 7. The third kappa shape index (κ3) is 14.7. The quantitative estimate of drug-likeness (QED) is 0.0317. The number of thiazole rings is 1. The van der Waals surface area contributed by atoms with Crippen molar-refractivity contribution in [3.63, 3.8) is 0 Å². The number of ether oxygens (including phenoxy) is 5. The molecular weight excluding hydrogens is 1290 g/mol. The molecule has 1 saturated heterocycles. The molecule has 4 bridgehead atoms. The fourth-order valence-corrected chi connectivity index (χ4v) is 17.1. The Kier molecular flexibility index (Phi) is 19.7. The molecule has 0 radical (unpaired) electrons. The van der Waals surface area contributed by atoms with Gasteiger partial charge in [-0.25, -0.2) is 24.4 Å². The minimum absolute atomic E-state index is 0.0252. The molecule has 7 aliphatic rings. The molecule has 0 spiro atoms. The van der Waals surface area contributed by atoms with Gasteiger partial charge in [0.05, 0.1) is 35.2 Å². The van der Waals surface area contributed by atoms with Crippen molar-refractivity contribution in [1.29, 1.82) is 0 Å². The Bertz CT molecular complexity index is 4050. The van der Waals surface area contributed by atoms with Crippen LogP contribution in [0.2, 0.25) is 0 Å². The van der Waals surface area contributed by atoms with Crippen molar-refractivity contribution in [2.75, 3.05) is 63.2 Å². The number of nitrogens with one attached hydrogen (secondary N) is 3. The number of carbonyl (C=O) groups excluding carboxylic acids is 5. The van der Waals surface area contributed by atoms with E-state index in [1.165, 1.54) is 53.6 Å². The molecule has 3 aromatic carbocycles. The van der Waals surface area contributed by atoms with Gasteiger partial charge in [0.15, 0.2) is 16.9 Å². The zero-order valence-corrected chi connectivity index (χ0v) is 55.5. The number of benzene rings is 3. The van der Waals surface area contributed by atoms with Crippen LogP contribution >= 0.6 is 11.3 Å². The molecule has 6 heterocycles. The van der Waals surface area contributed by atoms with E-state index in [1.54, 1.807) is 18.3 Å². The molecule has 3 aliphatic heterocycles. The lowest BCUT2D eigenvalue weighted by Crippen LogP contribution is -2.64. The lowest BCUT2D eigenvalue weighted by Gasteiger charge is -2.69. The highest BCUT2D eigenvalue weighted by Gasteiger charge is 2.66. The van der Waals surface area contributed by atoms with E-state index >= 15 is 0 Å². The van der Waals surface area contributed by atoms with Crippen molar-refractivity contribution in [3.8, 4) is 22.6 Å². The van der Waals surface area contributed by atoms with Crippen LogP contribution < -0.4 is 30.3 Å². The van der Waals surface area contributed by atoms with E-state index in [-0.39, 0.29) is 104 Å². The summed E-state index contributed by atoms with van der Waals surface area (Å²) in [6.07, 6.45) is -1.45. The number of anilines is 2. The number of hydrogen-bond donors (Lipinski definition) is 9. The zero-order valence-electron chi connectivity index (χ0n) is 54.7. The summed E-state index contributed by atoms with van der Waals surface area (Å²) in [6, 6.07) is 21.2. The second-order valence-electron chi connectivity index (χ2n) is 27.3. The van der Waals surface area contributed by atoms with Gasteiger partial charge in [-0.3, -0.25) is 29.2 Å². The van der Waals surface area contributed by atoms with E-state index in [0.29, 0.717) is 65.7 Å². The first-order chi connectivity index (χ1) is 46.8. The average molecular weight is 1370 g/mol. The van der Waals surface area contributed by atoms with E-state index in [1.807, 2.05) is 59.0 Å². The van der Waals surface area contributed by atoms with Crippen LogP contribution in [0, 0.1) is 23.2 Å². The van der Waals surface area contributed by atoms with E-state index in [0.717, 1.165) is 64.0 Å². The lowest BCUT2D eigenvalue weighted by atomic mass is 9.39. The van der Waals surface area contributed by atoms with Crippen LogP contribution in [-0.2, 0) is 59.5 Å². The van der Waals surface area contributed by atoms with E-state index in [9.17, 15) is 64.2 Å². The fourth-order valence-electron chi connectivity index (χ4n) is 16.2. The Morgan fingerprint density at radius 3 is 2.37 bits per heavy atom. The average Bonchev–Trinajstić information content (AvgIpc) is 0.783. The number of aromatic nitrogens is 4. The zero-order chi connectivity index (χ0) is 69.4. The Balaban J connectivity index is 0.710. The van der Waals surface area contributed by atoms with E-state index in [4.69, 9.17) is 33.8 Å². The van der Waals surface area contributed by atoms with Gasteiger partial charge in [0.2, 0.25) is 24.0 Å². The van der Waals surface area contributed by atoms with Crippen molar-refractivity contribution in [2.24, 2.45) is 16.2 Å². The predicted molar refractivity (Wildman–Crippen MR) is 353 cm³/mol. The number of carboxylic acid groups (broad SMARTS) is 2. The molecule has 5 amide bonds. The maximum atomic E-state index is 14.3. The highest BCUT2D eigenvalue weighted by Crippen LogP contribution is 2.72. The molecule has 520 valence electrons. The Morgan fingerprint density at radius 1 is 0.847 bits per heavy atom. The summed E-state index contributed by atoms with van der Waals surface area (Å²) in [4.78, 5) is 104. The number of pyridine rings is 1. The number of carboxylic acids is 2. The molecule has 13 rings (SSSR count). The number of aromatic carboxylic acids is 1. The summed E-state index contributed by atoms with van der Waals surface area (Å²) >= 11 is 1.40. The topological polar surface area (TPSA) is 376 Å². The molecule has 9 N–H and O–H groups in total. The number of amides is 5. The molecular formula is C69H80N10O18S. The third-order valence-electron chi connectivity index (χ3n) is 19.6. The SMILES string of the molecule is CNC(=O)CCN(CCOC12CC3(C)CC(C)(CC(Cn4ncc(-c5ccc(N6CCc7cccc(C(=O)Nc8nc9ccccc9s8)c7C6)nc5C(=O)O)c4C)(C3)C1)C2)C(=O)OCc1ccc(O[C@@H]2O[C@H](C(=O)O)[C@@H](O)[C@H](O)[C@H]2O)cc1OCCCNC(=O)CN1C(=O)C=CC1O. The van der Waals surface area contributed by atoms with Gasteiger partial charge in [0.1, 0.15) is 55.0 Å². The number of aliphatic hydroxyl groups is 4. The lowest BCUT2D eigenvalue weighted by molar-refractivity contribution is -0.271. The van der Waals surface area contributed by atoms with Gasteiger partial charge in [0, 0.05) is 92.8 Å². The number of fused-ring (bicyclic) bond motifs is 2. The van der Waals surface area contributed by atoms with Crippen LogP contribution in [0.25, 0.3) is 21.3 Å². The number of aliphatic carboxylic acids is 1. The predicted octanol–water partition coefficient (Wildman–Crippen LogP) is 5.16. The summed E-state index contributed by atoms with van der Waals surface area (Å²) in [5.41, 5.74) is 4.18. The molecule has 3 aromatic heterocycles. The maximum Gasteiger partial charge on any atom is 0.410 e. The molecule has 28 nitrogen and oxygen atoms in total. The summed E-state index contributed by atoms with van der Waals surface area (Å²) in [6.45, 7) is 7.44. The maximum absolute atomic E-state index is 14.3. The van der Waals surface area contributed by atoms with Gasteiger partial charge < -0.3 is 79.7 Å². The monoisotopic (exact) mass is 1370 g/mol. The highest BCUT2D eigenvalue weighted by molar-refractivity contribution is 7.22. The number of para-hydroxylation sites is 1. The molecule has 4 aliphatic carbocycles. The Labute approximate surface area is 567 Å². The van der Waals surface area contributed by atoms with E-state index < -0.39 is 72.4 Å². The molecule has 4 saturated carbocycles. The first-order valence-electron chi connectivity index (χ1n) is 32.7. The molecule has 29 heteroatoms. The van der Waals surface area contributed by atoms with Gasteiger partial charge >= 0.3 is 18.0 Å². The van der Waals surface area contributed by atoms with Crippen LogP contribution in [0.5, 0.6) is 11.5 Å². The second-order valence-corrected chi connectivity index (χ2v) is 28.3. The van der Waals surface area contributed by atoms with Gasteiger partial charge in [-0.1, -0.05) is 49.4 Å². The standard InChI is InChI=1S/C69H80N10O18S/c1-39-45(43-15-16-50(74-55(43)61(88)89)77-22-19-40-9-7-10-44(46(40)29-77)60(87)75-64-73-47-11-5-6-12-49(47)98-64)28-72-79(39)38-68-33-66(2)32-67(3,34-68)36-69(35-66,37-68)95-26-24-76(23-20-51(80)70-4)65(92)94-31-41-13-14-42(96-63-58(86)56(84)57(85)59(97-63)62(90)91)27-48(41)93-25-8-21-71-52(81)30-78-53(82)17-18-54(78)83/h5-7,9-18,27-28,53,56-59,63,82,84-86H,8,19-26,29-38H2,1-4H3,(H,70,80)(H,71,81)(H,88,89)(H,90,91)(H,73,75,87)/t53?,56-,57-,58+,59-,63+,66?,67?,68?,69?/m0/s1. The number of nitrogens with zero attached hydrogens (tertiary/aromatic N) is 7. The van der Waals surface area contributed by atoms with Gasteiger partial charge in [-0.05, 0) is 134 Å². The first-order valence-corrected chi connectivity index (χ1v) is 33.5. The number of aliphatic hydroxyl groups excluding tert-OH is 4. The fraction of sp³-hybridized carbons (Fsp3) is 0.478. The van der Waals surface area contributed by atoms with Gasteiger partial charge in [-0.2, -0.15) is 5.10 Å². The number of hydrogen-bond acceptors (Lipinski definition) is 21. The first kappa shape index (κ1) is 68.8. The van der Waals surface area contributed by atoms with E-state index in [2.05, 4.69) is 34.8 Å². The van der Waals surface area contributed by atoms with Crippen LogP contribution in [0.1, 0.15) is 108 Å². The molecule has 98 heavy (non-hydrogen) atoms. The number of rotatable bonds is 26. The molecule has 3 unspecified atom stereocenters. The van der Waals surface area contributed by atoms with Crippen molar-refractivity contribution < 1.29 is 87.9 Å².